The smallest absolute Gasteiger partial charge is 0.310 e. The number of aryl methyl sites for hydroxylation is 1. The van der Waals surface area contributed by atoms with Crippen molar-refractivity contribution in [2.24, 2.45) is 5.41 Å². The molecule has 188 valence electrons. The molecule has 1 fully saturated rings. The monoisotopic (exact) mass is 530 g/mol. The quantitative estimate of drug-likeness (QED) is 0.454. The van der Waals surface area contributed by atoms with E-state index in [2.05, 4.69) is 20.2 Å². The van der Waals surface area contributed by atoms with Crippen molar-refractivity contribution in [3.63, 3.8) is 0 Å². The lowest BCUT2D eigenvalue weighted by Gasteiger charge is -2.51. The number of hydrogen-bond acceptors (Lipinski definition) is 6. The molecule has 0 spiro atoms. The summed E-state index contributed by atoms with van der Waals surface area (Å²) in [5.74, 6) is -1.61. The zero-order valence-electron chi connectivity index (χ0n) is 20.6. The van der Waals surface area contributed by atoms with E-state index in [0.717, 1.165) is 4.88 Å². The molecular formula is C24H27B2ClF2N4O2S. The van der Waals surface area contributed by atoms with Gasteiger partial charge in [-0.3, -0.25) is 4.79 Å². The van der Waals surface area contributed by atoms with Gasteiger partial charge in [0.25, 0.3) is 0 Å². The normalized spacial score (nSPS) is 20.9. The van der Waals surface area contributed by atoms with Gasteiger partial charge in [0.15, 0.2) is 5.13 Å². The Morgan fingerprint density at radius 3 is 2.75 bits per heavy atom. The maximum Gasteiger partial charge on any atom is 0.310 e. The number of carboxylic acid groups (broad SMARTS) is 1. The zero-order chi connectivity index (χ0) is 26.3. The van der Waals surface area contributed by atoms with Gasteiger partial charge in [-0.15, -0.1) is 11.3 Å². The largest absolute Gasteiger partial charge is 0.481 e. The minimum Gasteiger partial charge on any atom is -0.481 e. The first-order valence-corrected chi connectivity index (χ1v) is 12.9. The van der Waals surface area contributed by atoms with E-state index in [9.17, 15) is 18.7 Å². The Morgan fingerprint density at radius 1 is 1.36 bits per heavy atom. The van der Waals surface area contributed by atoms with Crippen molar-refractivity contribution in [3.05, 3.63) is 69.3 Å². The first-order valence-electron chi connectivity index (χ1n) is 11.7. The van der Waals surface area contributed by atoms with E-state index in [1.807, 2.05) is 29.5 Å². The average Bonchev–Trinajstić information content (AvgIpc) is 3.22. The van der Waals surface area contributed by atoms with Gasteiger partial charge >= 0.3 is 5.97 Å². The molecule has 6 nitrogen and oxygen atoms in total. The number of carbonyl (C=O) groups is 1. The number of pyridine rings is 1. The SMILES string of the molecule is BC(B)(c1cccc(Cl)c1F)N1CCC(Cc2nc(Nc3ncc(C)s3)ccc2F)(C(=O)O)CC1C. The molecule has 0 radical (unpaired) electrons. The molecule has 2 atom stereocenters. The summed E-state index contributed by atoms with van der Waals surface area (Å²) in [5.41, 5.74) is -0.659. The van der Waals surface area contributed by atoms with Crippen LogP contribution < -0.4 is 5.32 Å². The van der Waals surface area contributed by atoms with Crippen molar-refractivity contribution in [2.75, 3.05) is 11.9 Å². The molecule has 0 saturated carbocycles. The summed E-state index contributed by atoms with van der Waals surface area (Å²) in [6, 6.07) is 7.51. The number of aromatic nitrogens is 2. The number of carboxylic acids is 1. The van der Waals surface area contributed by atoms with Crippen molar-refractivity contribution in [1.29, 1.82) is 0 Å². The van der Waals surface area contributed by atoms with Crippen LogP contribution in [0.4, 0.5) is 19.7 Å². The second-order valence-corrected chi connectivity index (χ2v) is 11.6. The number of aliphatic carboxylic acids is 1. The maximum absolute atomic E-state index is 14.9. The first kappa shape index (κ1) is 26.6. The second-order valence-electron chi connectivity index (χ2n) is 9.95. The van der Waals surface area contributed by atoms with Gasteiger partial charge in [0.1, 0.15) is 33.1 Å². The van der Waals surface area contributed by atoms with Crippen LogP contribution in [0.3, 0.4) is 0 Å². The third kappa shape index (κ3) is 5.14. The molecule has 2 N–H and O–H groups in total. The number of nitrogens with zero attached hydrogens (tertiary/aromatic N) is 3. The van der Waals surface area contributed by atoms with Crippen LogP contribution in [0.25, 0.3) is 0 Å². The van der Waals surface area contributed by atoms with Crippen LogP contribution in [0.2, 0.25) is 5.02 Å². The summed E-state index contributed by atoms with van der Waals surface area (Å²) < 4.78 is 29.7. The van der Waals surface area contributed by atoms with Gasteiger partial charge in [-0.25, -0.2) is 18.7 Å². The van der Waals surface area contributed by atoms with Crippen LogP contribution in [0.1, 0.15) is 35.9 Å². The van der Waals surface area contributed by atoms with E-state index in [0.29, 0.717) is 23.1 Å². The lowest BCUT2D eigenvalue weighted by molar-refractivity contribution is -0.154. The summed E-state index contributed by atoms with van der Waals surface area (Å²) >= 11 is 7.47. The van der Waals surface area contributed by atoms with E-state index in [-0.39, 0.29) is 36.0 Å². The highest BCUT2D eigenvalue weighted by Gasteiger charge is 2.48. The van der Waals surface area contributed by atoms with Gasteiger partial charge in [-0.05, 0) is 62.3 Å². The van der Waals surface area contributed by atoms with Gasteiger partial charge in [0, 0.05) is 23.5 Å². The third-order valence-corrected chi connectivity index (χ3v) is 8.23. The predicted octanol–water partition coefficient (Wildman–Crippen LogP) is 3.70. The highest BCUT2D eigenvalue weighted by atomic mass is 35.5. The Kier molecular flexibility index (Phi) is 7.46. The molecule has 4 rings (SSSR count). The Balaban J connectivity index is 1.58. The second kappa shape index (κ2) is 10.1. The van der Waals surface area contributed by atoms with Crippen LogP contribution >= 0.6 is 22.9 Å². The standard InChI is InChI=1S/C24H27B2ClF2N4O2S/c1-13-10-23(21(34)35,8-9-33(13)24(25,26)15-4-3-5-16(27)20(15)29)11-18-17(28)6-7-19(31-18)32-22-30-12-14(2)36-22/h3-7,12-13H,8-11,25-26H2,1-2H3,(H,34,35)(H,30,31,32). The average molecular weight is 531 g/mol. The number of piperidine rings is 1. The summed E-state index contributed by atoms with van der Waals surface area (Å²) in [6.07, 6.45) is 2.20. The van der Waals surface area contributed by atoms with Gasteiger partial charge in [-0.1, -0.05) is 23.7 Å². The summed E-state index contributed by atoms with van der Waals surface area (Å²) in [7, 11) is 3.81. The molecule has 0 bridgehead atoms. The van der Waals surface area contributed by atoms with Crippen LogP contribution in [-0.4, -0.2) is 54.2 Å². The van der Waals surface area contributed by atoms with Crippen LogP contribution in [0.5, 0.6) is 0 Å². The summed E-state index contributed by atoms with van der Waals surface area (Å²) in [4.78, 5) is 24.3. The molecule has 3 aromatic rings. The molecule has 1 aliphatic rings. The summed E-state index contributed by atoms with van der Waals surface area (Å²) in [6.45, 7) is 4.25. The number of benzene rings is 1. The van der Waals surface area contributed by atoms with Gasteiger partial charge in [0.2, 0.25) is 0 Å². The molecule has 2 aromatic heterocycles. The predicted molar refractivity (Wildman–Crippen MR) is 144 cm³/mol. The zero-order valence-corrected chi connectivity index (χ0v) is 22.2. The van der Waals surface area contributed by atoms with Crippen molar-refractivity contribution in [2.45, 2.75) is 44.5 Å². The minimum atomic E-state index is -1.21. The Labute approximate surface area is 219 Å². The maximum atomic E-state index is 14.9. The van der Waals surface area contributed by atoms with Crippen molar-refractivity contribution in [1.82, 2.24) is 14.9 Å². The van der Waals surface area contributed by atoms with Gasteiger partial charge < -0.3 is 15.3 Å². The van der Waals surface area contributed by atoms with E-state index in [1.165, 1.54) is 29.5 Å². The van der Waals surface area contributed by atoms with Crippen LogP contribution in [-0.2, 0) is 16.6 Å². The van der Waals surface area contributed by atoms with Crippen LogP contribution in [0.15, 0.2) is 36.5 Å². The number of halogens is 3. The molecule has 1 saturated heterocycles. The fourth-order valence-corrected chi connectivity index (χ4v) is 6.09. The number of rotatable bonds is 7. The lowest BCUT2D eigenvalue weighted by Crippen LogP contribution is -2.59. The number of thiazole rings is 1. The van der Waals surface area contributed by atoms with Crippen LogP contribution in [0, 0.1) is 24.0 Å². The highest BCUT2D eigenvalue weighted by molar-refractivity contribution is 7.15. The van der Waals surface area contributed by atoms with Crippen molar-refractivity contribution >= 4 is 55.5 Å². The topological polar surface area (TPSA) is 78.4 Å². The molecule has 1 aliphatic heterocycles. The molecule has 0 aliphatic carbocycles. The fraction of sp³-hybridized carbons (Fsp3) is 0.375. The Hall–Kier alpha value is -2.49. The van der Waals surface area contributed by atoms with E-state index in [1.54, 1.807) is 18.3 Å². The number of hydrogen-bond donors (Lipinski definition) is 2. The molecule has 12 heteroatoms. The lowest BCUT2D eigenvalue weighted by atomic mass is 9.55. The first-order chi connectivity index (χ1) is 16.9. The van der Waals surface area contributed by atoms with Crippen molar-refractivity contribution in [3.8, 4) is 0 Å². The van der Waals surface area contributed by atoms with Crippen molar-refractivity contribution < 1.29 is 18.7 Å². The Morgan fingerprint density at radius 2 is 2.11 bits per heavy atom. The van der Waals surface area contributed by atoms with E-state index < -0.39 is 28.4 Å². The molecule has 0 amide bonds. The number of anilines is 2. The molecule has 2 unspecified atom stereocenters. The van der Waals surface area contributed by atoms with Gasteiger partial charge in [0.05, 0.1) is 16.1 Å². The van der Waals surface area contributed by atoms with E-state index in [4.69, 9.17) is 11.6 Å². The number of likely N-dealkylation sites (tertiary alicyclic amines) is 1. The summed E-state index contributed by atoms with van der Waals surface area (Å²) in [5, 5.41) is 13.3. The Bertz CT molecular complexity index is 1290. The molecule has 36 heavy (non-hydrogen) atoms. The third-order valence-electron chi connectivity index (χ3n) is 7.11. The highest BCUT2D eigenvalue weighted by Crippen LogP contribution is 2.42. The molecule has 3 heterocycles. The molecule has 1 aromatic carbocycles. The molecular weight excluding hydrogens is 503 g/mol. The van der Waals surface area contributed by atoms with E-state index >= 15 is 0 Å². The number of nitrogens with one attached hydrogen (secondary N) is 1. The fourth-order valence-electron chi connectivity index (χ4n) is 5.25. The minimum absolute atomic E-state index is 0.0491. The van der Waals surface area contributed by atoms with Gasteiger partial charge in [-0.2, -0.15) is 0 Å².